The second-order valence-electron chi connectivity index (χ2n) is 5.68. The third kappa shape index (κ3) is 4.11. The van der Waals surface area contributed by atoms with Crippen LogP contribution in [0.25, 0.3) is 22.4 Å². The van der Waals surface area contributed by atoms with Crippen LogP contribution in [0, 0.1) is 17.1 Å². The number of aromatic nitrogens is 2. The summed E-state index contributed by atoms with van der Waals surface area (Å²) in [5, 5.41) is 17.9. The number of hydrogen-bond donors (Lipinski definition) is 3. The minimum absolute atomic E-state index is 0.0185. The van der Waals surface area contributed by atoms with Crippen molar-refractivity contribution in [3.05, 3.63) is 60.2 Å². The van der Waals surface area contributed by atoms with Gasteiger partial charge in [0.05, 0.1) is 36.4 Å². The van der Waals surface area contributed by atoms with Gasteiger partial charge in [0.15, 0.2) is 16.4 Å². The Kier molecular flexibility index (Phi) is 6.18. The zero-order valence-corrected chi connectivity index (χ0v) is 15.4. The summed E-state index contributed by atoms with van der Waals surface area (Å²) < 4.78 is 29.9. The SMILES string of the molecule is N#Cc1nc(-c2ccc(-c3ccccc3[S+]([O-])NCCO)cc2F)cnc1N. The van der Waals surface area contributed by atoms with Gasteiger partial charge in [0.25, 0.3) is 0 Å². The molecule has 1 heterocycles. The molecule has 1 atom stereocenters. The maximum Gasteiger partial charge on any atom is 0.183 e. The fraction of sp³-hybridized carbons (Fsp3) is 0.105. The Morgan fingerprint density at radius 1 is 1.25 bits per heavy atom. The number of rotatable bonds is 6. The molecule has 2 aromatic carbocycles. The molecule has 0 radical (unpaired) electrons. The second-order valence-corrected chi connectivity index (χ2v) is 6.94. The van der Waals surface area contributed by atoms with E-state index in [1.54, 1.807) is 30.3 Å². The zero-order chi connectivity index (χ0) is 20.1. The number of halogens is 1. The van der Waals surface area contributed by atoms with Gasteiger partial charge in [-0.15, -0.1) is 4.72 Å². The molecule has 9 heteroatoms. The van der Waals surface area contributed by atoms with E-state index in [-0.39, 0.29) is 35.9 Å². The average Bonchev–Trinajstić information content (AvgIpc) is 2.72. The lowest BCUT2D eigenvalue weighted by molar-refractivity contribution is 0.301. The van der Waals surface area contributed by atoms with Crippen molar-refractivity contribution in [2.24, 2.45) is 0 Å². The number of nitrogens with two attached hydrogens (primary N) is 1. The summed E-state index contributed by atoms with van der Waals surface area (Å²) in [5.74, 6) is -0.584. The molecule has 0 amide bonds. The van der Waals surface area contributed by atoms with Crippen LogP contribution in [-0.4, -0.2) is 32.8 Å². The molecule has 0 aliphatic carbocycles. The van der Waals surface area contributed by atoms with Crippen molar-refractivity contribution >= 4 is 17.2 Å². The highest BCUT2D eigenvalue weighted by Crippen LogP contribution is 2.31. The Morgan fingerprint density at radius 3 is 2.75 bits per heavy atom. The summed E-state index contributed by atoms with van der Waals surface area (Å²) in [6.45, 7) is 0.0236. The van der Waals surface area contributed by atoms with Gasteiger partial charge in [-0.1, -0.05) is 18.2 Å². The number of nitriles is 1. The first-order valence-corrected chi connectivity index (χ1v) is 9.38. The average molecular weight is 397 g/mol. The highest BCUT2D eigenvalue weighted by Gasteiger charge is 2.19. The van der Waals surface area contributed by atoms with Crippen molar-refractivity contribution in [2.45, 2.75) is 4.90 Å². The molecule has 0 saturated heterocycles. The fourth-order valence-corrected chi connectivity index (χ4v) is 3.60. The maximum absolute atomic E-state index is 14.8. The predicted molar refractivity (Wildman–Crippen MR) is 103 cm³/mol. The van der Waals surface area contributed by atoms with Gasteiger partial charge >= 0.3 is 0 Å². The van der Waals surface area contributed by atoms with E-state index < -0.39 is 17.2 Å². The summed E-state index contributed by atoms with van der Waals surface area (Å²) in [4.78, 5) is 8.38. The number of hydrogen-bond acceptors (Lipinski definition) is 7. The lowest BCUT2D eigenvalue weighted by Gasteiger charge is -2.14. The summed E-state index contributed by atoms with van der Waals surface area (Å²) in [6, 6.07) is 13.2. The van der Waals surface area contributed by atoms with Crippen LogP contribution in [0.4, 0.5) is 10.2 Å². The maximum atomic E-state index is 14.8. The lowest BCUT2D eigenvalue weighted by Crippen LogP contribution is -2.27. The number of anilines is 1. The van der Waals surface area contributed by atoms with Crippen molar-refractivity contribution in [3.8, 4) is 28.5 Å². The van der Waals surface area contributed by atoms with E-state index in [1.807, 2.05) is 6.07 Å². The van der Waals surface area contributed by atoms with Crippen LogP contribution >= 0.6 is 0 Å². The van der Waals surface area contributed by atoms with Gasteiger partial charge in [-0.05, 0) is 29.8 Å². The van der Waals surface area contributed by atoms with Gasteiger partial charge in [-0.25, -0.2) is 14.4 Å². The molecular weight excluding hydrogens is 381 g/mol. The van der Waals surface area contributed by atoms with Gasteiger partial charge in [0.2, 0.25) is 0 Å². The molecule has 0 aliphatic heterocycles. The van der Waals surface area contributed by atoms with Crippen LogP contribution in [0.2, 0.25) is 0 Å². The molecule has 0 aliphatic rings. The number of nitrogen functional groups attached to an aromatic ring is 1. The van der Waals surface area contributed by atoms with Gasteiger partial charge in [-0.2, -0.15) is 5.26 Å². The van der Waals surface area contributed by atoms with Crippen LogP contribution in [0.3, 0.4) is 0 Å². The normalized spacial score (nSPS) is 11.8. The van der Waals surface area contributed by atoms with Crippen molar-refractivity contribution in [3.63, 3.8) is 0 Å². The molecule has 3 aromatic rings. The topological polar surface area (TPSA) is 131 Å². The largest absolute Gasteiger partial charge is 0.593 e. The van der Waals surface area contributed by atoms with E-state index in [1.165, 1.54) is 18.3 Å². The number of nitrogens with one attached hydrogen (secondary N) is 1. The van der Waals surface area contributed by atoms with E-state index in [2.05, 4.69) is 14.7 Å². The number of nitrogens with zero attached hydrogens (tertiary/aromatic N) is 3. The third-order valence-corrected chi connectivity index (χ3v) is 5.12. The molecule has 142 valence electrons. The van der Waals surface area contributed by atoms with Crippen LogP contribution in [0.5, 0.6) is 0 Å². The monoisotopic (exact) mass is 397 g/mol. The standard InChI is InChI=1S/C19H16FN5O2S/c20-15-9-12(13-3-1-2-4-18(13)28(27)24-7-8-26)5-6-14(15)17-11-23-19(22)16(10-21)25-17/h1-6,9,11,24,26H,7-8H2,(H2,22,23). The Hall–Kier alpha value is -3.03. The van der Waals surface area contributed by atoms with Crippen molar-refractivity contribution in [1.29, 1.82) is 5.26 Å². The first-order chi connectivity index (χ1) is 13.5. The smallest absolute Gasteiger partial charge is 0.183 e. The summed E-state index contributed by atoms with van der Waals surface area (Å²) in [7, 11) is 0. The summed E-state index contributed by atoms with van der Waals surface area (Å²) >= 11 is -1.56. The molecule has 3 rings (SSSR count). The fourth-order valence-electron chi connectivity index (χ4n) is 2.58. The zero-order valence-electron chi connectivity index (χ0n) is 14.6. The molecule has 1 unspecified atom stereocenters. The first kappa shape index (κ1) is 19.7. The van der Waals surface area contributed by atoms with E-state index >= 15 is 0 Å². The minimum Gasteiger partial charge on any atom is -0.593 e. The third-order valence-electron chi connectivity index (χ3n) is 3.89. The van der Waals surface area contributed by atoms with Crippen LogP contribution < -0.4 is 10.5 Å². The Morgan fingerprint density at radius 2 is 2.04 bits per heavy atom. The second kappa shape index (κ2) is 8.77. The molecule has 4 N–H and O–H groups in total. The lowest BCUT2D eigenvalue weighted by atomic mass is 10.0. The molecule has 0 fully saturated rings. The number of aliphatic hydroxyl groups is 1. The van der Waals surface area contributed by atoms with Crippen LogP contribution in [0.15, 0.2) is 53.6 Å². The molecule has 0 saturated carbocycles. The van der Waals surface area contributed by atoms with Gasteiger partial charge in [0, 0.05) is 11.1 Å². The Balaban J connectivity index is 1.99. The number of benzene rings is 2. The molecule has 28 heavy (non-hydrogen) atoms. The molecule has 1 aromatic heterocycles. The molecule has 0 spiro atoms. The Bertz CT molecular complexity index is 1040. The Labute approximate surface area is 164 Å². The van der Waals surface area contributed by atoms with Crippen molar-refractivity contribution in [2.75, 3.05) is 18.9 Å². The van der Waals surface area contributed by atoms with Gasteiger partial charge in [-0.3, -0.25) is 0 Å². The highest BCUT2D eigenvalue weighted by molar-refractivity contribution is 7.89. The molecular formula is C19H16FN5O2S. The van der Waals surface area contributed by atoms with Gasteiger partial charge < -0.3 is 15.4 Å². The minimum atomic E-state index is -1.56. The summed E-state index contributed by atoms with van der Waals surface area (Å²) in [5.41, 5.74) is 6.97. The van der Waals surface area contributed by atoms with E-state index in [9.17, 15) is 8.94 Å². The van der Waals surface area contributed by atoms with Crippen molar-refractivity contribution < 1.29 is 14.0 Å². The molecule has 7 nitrogen and oxygen atoms in total. The van der Waals surface area contributed by atoms with Crippen molar-refractivity contribution in [1.82, 2.24) is 14.7 Å². The van der Waals surface area contributed by atoms with Crippen LogP contribution in [0.1, 0.15) is 5.69 Å². The van der Waals surface area contributed by atoms with E-state index in [0.717, 1.165) is 0 Å². The van der Waals surface area contributed by atoms with E-state index in [0.29, 0.717) is 16.0 Å². The van der Waals surface area contributed by atoms with Gasteiger partial charge in [0.1, 0.15) is 11.9 Å². The highest BCUT2D eigenvalue weighted by atomic mass is 32.2. The predicted octanol–water partition coefficient (Wildman–Crippen LogP) is 2.01. The quantitative estimate of drug-likeness (QED) is 0.542. The molecule has 0 bridgehead atoms. The van der Waals surface area contributed by atoms with Crippen LogP contribution in [-0.2, 0) is 11.4 Å². The number of aliphatic hydroxyl groups excluding tert-OH is 1. The first-order valence-electron chi connectivity index (χ1n) is 8.23. The van der Waals surface area contributed by atoms with E-state index in [4.69, 9.17) is 16.1 Å². The summed E-state index contributed by atoms with van der Waals surface area (Å²) in [6.07, 6.45) is 1.30.